The Labute approximate surface area is 222 Å². The van der Waals surface area contributed by atoms with Gasteiger partial charge in [-0.3, -0.25) is 14.4 Å². The van der Waals surface area contributed by atoms with Crippen molar-refractivity contribution in [3.8, 4) is 6.07 Å². The SMILES string of the molecule is COC(=O)[C@@H]1C[C@@H](C)[C@H](C)[C@@H]2C1CC[C@]1(C)[C@@H]2C(=O)C=C2[C@@]3(C)C=C(C#N)C(=O)C(C)(C)[C@@H]3CC[C@]21C. The van der Waals surface area contributed by atoms with Crippen LogP contribution in [0, 0.1) is 74.4 Å². The van der Waals surface area contributed by atoms with Gasteiger partial charge in [0, 0.05) is 16.7 Å². The maximum atomic E-state index is 14.3. The Morgan fingerprint density at radius 1 is 1.08 bits per heavy atom. The van der Waals surface area contributed by atoms with Crippen LogP contribution in [-0.4, -0.2) is 24.6 Å². The predicted octanol–water partition coefficient (Wildman–Crippen LogP) is 6.09. The number of carbonyl (C=O) groups is 3. The summed E-state index contributed by atoms with van der Waals surface area (Å²) in [6.07, 6.45) is 8.29. The molecule has 0 aromatic rings. The molecule has 0 amide bonds. The molecule has 1 unspecified atom stereocenters. The predicted molar refractivity (Wildman–Crippen MR) is 141 cm³/mol. The van der Waals surface area contributed by atoms with Gasteiger partial charge in [0.25, 0.3) is 0 Å². The lowest BCUT2D eigenvalue weighted by molar-refractivity contribution is -0.174. The highest BCUT2D eigenvalue weighted by atomic mass is 16.5. The molecule has 5 nitrogen and oxygen atoms in total. The van der Waals surface area contributed by atoms with Gasteiger partial charge in [0.05, 0.1) is 18.6 Å². The van der Waals surface area contributed by atoms with Crippen molar-refractivity contribution in [3.63, 3.8) is 0 Å². The number of esters is 1. The number of carbonyl (C=O) groups excluding carboxylic acids is 3. The van der Waals surface area contributed by atoms with Crippen molar-refractivity contribution in [2.45, 2.75) is 80.6 Å². The molecule has 37 heavy (non-hydrogen) atoms. The second-order valence-electron chi connectivity index (χ2n) is 14.3. The lowest BCUT2D eigenvalue weighted by Gasteiger charge is -2.68. The Hall–Kier alpha value is -2.22. The van der Waals surface area contributed by atoms with Gasteiger partial charge < -0.3 is 4.74 Å². The summed E-state index contributed by atoms with van der Waals surface area (Å²) in [5.41, 5.74) is -0.301. The van der Waals surface area contributed by atoms with Crippen molar-refractivity contribution in [2.24, 2.45) is 63.1 Å². The molecule has 0 saturated heterocycles. The van der Waals surface area contributed by atoms with Crippen LogP contribution < -0.4 is 0 Å². The van der Waals surface area contributed by atoms with Gasteiger partial charge in [0.2, 0.25) is 0 Å². The van der Waals surface area contributed by atoms with E-state index in [-0.39, 0.29) is 63.5 Å². The van der Waals surface area contributed by atoms with Crippen LogP contribution in [0.3, 0.4) is 0 Å². The summed E-state index contributed by atoms with van der Waals surface area (Å²) in [6.45, 7) is 15.3. The molecule has 0 bridgehead atoms. The first-order valence-electron chi connectivity index (χ1n) is 14.2. The summed E-state index contributed by atoms with van der Waals surface area (Å²) in [6, 6.07) is 2.18. The van der Waals surface area contributed by atoms with Gasteiger partial charge >= 0.3 is 5.97 Å². The van der Waals surface area contributed by atoms with Crippen LogP contribution in [0.5, 0.6) is 0 Å². The largest absolute Gasteiger partial charge is 0.469 e. The Balaban J connectivity index is 1.67. The second kappa shape index (κ2) is 8.14. The van der Waals surface area contributed by atoms with Crippen LogP contribution >= 0.6 is 0 Å². The zero-order valence-electron chi connectivity index (χ0n) is 23.8. The first kappa shape index (κ1) is 26.4. The molecule has 0 spiro atoms. The molecule has 0 aromatic heterocycles. The third-order valence-corrected chi connectivity index (χ3v) is 12.7. The molecule has 0 radical (unpaired) electrons. The van der Waals surface area contributed by atoms with Gasteiger partial charge in [-0.2, -0.15) is 5.26 Å². The van der Waals surface area contributed by atoms with E-state index in [9.17, 15) is 19.6 Å². The number of nitriles is 1. The minimum absolute atomic E-state index is 0.0468. The summed E-state index contributed by atoms with van der Waals surface area (Å²) in [5, 5.41) is 9.86. The molecule has 0 N–H and O–H groups in total. The van der Waals surface area contributed by atoms with Crippen LogP contribution in [0.25, 0.3) is 0 Å². The van der Waals surface area contributed by atoms with Crippen molar-refractivity contribution >= 4 is 17.5 Å². The minimum atomic E-state index is -0.657. The van der Waals surface area contributed by atoms with E-state index >= 15 is 0 Å². The monoisotopic (exact) mass is 505 g/mol. The number of nitrogens with zero attached hydrogens (tertiary/aromatic N) is 1. The van der Waals surface area contributed by atoms with E-state index in [1.54, 1.807) is 0 Å². The highest BCUT2D eigenvalue weighted by Crippen LogP contribution is 2.73. The molecule has 5 rings (SSSR count). The molecule has 0 heterocycles. The summed E-state index contributed by atoms with van der Waals surface area (Å²) < 4.78 is 5.24. The number of hydrogen-bond acceptors (Lipinski definition) is 5. The van der Waals surface area contributed by atoms with Crippen molar-refractivity contribution < 1.29 is 19.1 Å². The van der Waals surface area contributed by atoms with Gasteiger partial charge in [-0.15, -0.1) is 0 Å². The van der Waals surface area contributed by atoms with E-state index in [0.717, 1.165) is 37.7 Å². The van der Waals surface area contributed by atoms with Crippen LogP contribution in [0.1, 0.15) is 80.6 Å². The summed E-state index contributed by atoms with van der Waals surface area (Å²) in [7, 11) is 1.48. The zero-order chi connectivity index (χ0) is 27.3. The molecule has 5 aliphatic rings. The van der Waals surface area contributed by atoms with Gasteiger partial charge in [0.1, 0.15) is 6.07 Å². The summed E-state index contributed by atoms with van der Waals surface area (Å²) >= 11 is 0. The normalized spacial score (nSPS) is 48.2. The minimum Gasteiger partial charge on any atom is -0.469 e. The smallest absolute Gasteiger partial charge is 0.308 e. The van der Waals surface area contributed by atoms with Crippen LogP contribution in [0.4, 0.5) is 0 Å². The van der Waals surface area contributed by atoms with Gasteiger partial charge in [-0.25, -0.2) is 0 Å². The lowest BCUT2D eigenvalue weighted by atomic mass is 9.35. The molecular formula is C32H43NO4. The Bertz CT molecular complexity index is 1170. The quantitative estimate of drug-likeness (QED) is 0.403. The average molecular weight is 506 g/mol. The fourth-order valence-electron chi connectivity index (χ4n) is 10.4. The fraction of sp³-hybridized carbons (Fsp3) is 0.750. The molecule has 5 aliphatic carbocycles. The van der Waals surface area contributed by atoms with Crippen molar-refractivity contribution in [1.29, 1.82) is 5.26 Å². The summed E-state index contributed by atoms with van der Waals surface area (Å²) in [4.78, 5) is 40.4. The van der Waals surface area contributed by atoms with E-state index in [0.29, 0.717) is 11.8 Å². The number of ether oxygens (including phenoxy) is 1. The van der Waals surface area contributed by atoms with E-state index in [2.05, 4.69) is 40.7 Å². The topological polar surface area (TPSA) is 84.2 Å². The third kappa shape index (κ3) is 3.17. The number of fused-ring (bicyclic) bond motifs is 7. The molecular weight excluding hydrogens is 462 g/mol. The zero-order valence-corrected chi connectivity index (χ0v) is 23.8. The van der Waals surface area contributed by atoms with E-state index in [1.807, 2.05) is 26.0 Å². The van der Waals surface area contributed by atoms with Crippen molar-refractivity contribution in [3.05, 3.63) is 23.3 Å². The average Bonchev–Trinajstić information content (AvgIpc) is 2.84. The molecule has 10 atom stereocenters. The molecule has 200 valence electrons. The Morgan fingerprint density at radius 3 is 2.38 bits per heavy atom. The van der Waals surface area contributed by atoms with E-state index in [1.165, 1.54) is 7.11 Å². The number of ketones is 2. The molecule has 5 heteroatoms. The fourth-order valence-corrected chi connectivity index (χ4v) is 10.4. The van der Waals surface area contributed by atoms with Crippen LogP contribution in [0.2, 0.25) is 0 Å². The number of methoxy groups -OCH3 is 1. The van der Waals surface area contributed by atoms with Crippen molar-refractivity contribution in [2.75, 3.05) is 7.11 Å². The first-order valence-corrected chi connectivity index (χ1v) is 14.2. The first-order chi connectivity index (χ1) is 17.2. The number of hydrogen-bond donors (Lipinski definition) is 0. The van der Waals surface area contributed by atoms with Gasteiger partial charge in [-0.1, -0.05) is 60.1 Å². The molecule has 0 aliphatic heterocycles. The number of Topliss-reactive ketones (excluding diaryl/α,β-unsaturated/α-hetero) is 1. The van der Waals surface area contributed by atoms with Crippen LogP contribution in [0.15, 0.2) is 23.3 Å². The molecule has 3 fully saturated rings. The lowest BCUT2D eigenvalue weighted by Crippen LogP contribution is -2.64. The Morgan fingerprint density at radius 2 is 1.76 bits per heavy atom. The molecule has 3 saturated carbocycles. The summed E-state index contributed by atoms with van der Waals surface area (Å²) in [5.74, 6) is 0.754. The third-order valence-electron chi connectivity index (χ3n) is 12.7. The Kier molecular flexibility index (Phi) is 5.81. The van der Waals surface area contributed by atoms with Gasteiger partial charge in [0.15, 0.2) is 11.6 Å². The van der Waals surface area contributed by atoms with E-state index in [4.69, 9.17) is 4.74 Å². The standard InChI is InChI=1S/C32H43NO4/c1-17-13-21(28(36)37-8)20-9-11-32(7)26(25(20)18(17)2)22(34)14-24-30(5)15-19(16-33)27(35)29(3,4)23(30)10-12-31(24,32)6/h14-15,17-18,20-21,23,25-26H,9-13H2,1-8H3/t17-,18+,20?,21-,23+,25-,26-,30+,31-,32-/m1/s1. The van der Waals surface area contributed by atoms with E-state index < -0.39 is 10.8 Å². The highest BCUT2D eigenvalue weighted by Gasteiger charge is 2.69. The number of rotatable bonds is 1. The maximum Gasteiger partial charge on any atom is 0.308 e. The molecule has 0 aromatic carbocycles. The number of allylic oxidation sites excluding steroid dienone is 4. The second-order valence-corrected chi connectivity index (χ2v) is 14.3. The van der Waals surface area contributed by atoms with Crippen LogP contribution in [-0.2, 0) is 19.1 Å². The highest BCUT2D eigenvalue weighted by molar-refractivity contribution is 6.04. The van der Waals surface area contributed by atoms with Gasteiger partial charge in [-0.05, 0) is 78.6 Å². The van der Waals surface area contributed by atoms with Crippen molar-refractivity contribution in [1.82, 2.24) is 0 Å². The maximum absolute atomic E-state index is 14.3.